The fraction of sp³-hybridized carbons (Fsp3) is 0.429. The van der Waals surface area contributed by atoms with Gasteiger partial charge >= 0.3 is 5.97 Å². The van der Waals surface area contributed by atoms with E-state index in [9.17, 15) is 48.9 Å². The molecular weight excluding hydrogens is 654 g/mol. The number of thiol groups is 1. The van der Waals surface area contributed by atoms with Crippen LogP contribution in [0.2, 0.25) is 0 Å². The molecule has 0 saturated carbocycles. The second-order valence-corrected chi connectivity index (χ2v) is 11.0. The number of nitrogens with one attached hydrogen (secondary N) is 6. The molecule has 0 saturated heterocycles. The van der Waals surface area contributed by atoms with Gasteiger partial charge < -0.3 is 58.4 Å². The zero-order valence-corrected chi connectivity index (χ0v) is 26.6. The molecule has 0 unspecified atom stereocenters. The van der Waals surface area contributed by atoms with E-state index in [-0.39, 0.29) is 24.3 Å². The fourth-order valence-corrected chi connectivity index (χ4v) is 4.38. The lowest BCUT2D eigenvalue weighted by Gasteiger charge is -2.25. The lowest BCUT2D eigenvalue weighted by atomic mass is 10.0. The number of H-pyrrole nitrogens is 1. The van der Waals surface area contributed by atoms with Crippen LogP contribution >= 0.6 is 12.6 Å². The Morgan fingerprint density at radius 2 is 1.50 bits per heavy atom. The minimum Gasteiger partial charge on any atom is -0.508 e. The van der Waals surface area contributed by atoms with Crippen molar-refractivity contribution in [2.75, 3.05) is 12.3 Å². The maximum Gasteiger partial charge on any atom is 0.327 e. The van der Waals surface area contributed by atoms with Crippen molar-refractivity contribution in [2.45, 2.75) is 62.5 Å². The molecule has 13 N–H and O–H groups in total. The third-order valence-electron chi connectivity index (χ3n) is 6.68. The van der Waals surface area contributed by atoms with Crippen molar-refractivity contribution in [3.05, 3.63) is 48.0 Å². The first kappa shape index (κ1) is 39.0. The number of primary amides is 1. The highest BCUT2D eigenvalue weighted by Gasteiger charge is 2.32. The summed E-state index contributed by atoms with van der Waals surface area (Å²) in [4.78, 5) is 93.7. The lowest BCUT2D eigenvalue weighted by Crippen LogP contribution is -2.60. The second-order valence-electron chi connectivity index (χ2n) is 10.6. The van der Waals surface area contributed by atoms with Gasteiger partial charge in [0.2, 0.25) is 35.4 Å². The number of hydrogen-bond donors (Lipinski definition) is 12. The number of imidazole rings is 1. The number of carbonyl (C=O) groups is 7. The minimum atomic E-state index is -1.64. The Balaban J connectivity index is 2.13. The zero-order valence-electron chi connectivity index (χ0n) is 25.7. The Morgan fingerprint density at radius 1 is 0.896 bits per heavy atom. The van der Waals surface area contributed by atoms with Crippen LogP contribution in [0.15, 0.2) is 36.8 Å². The number of carbonyl (C=O) groups excluding carboxylic acids is 6. The molecule has 0 aliphatic heterocycles. The average molecular weight is 694 g/mol. The van der Waals surface area contributed by atoms with Gasteiger partial charge in [0.15, 0.2) is 0 Å². The van der Waals surface area contributed by atoms with Crippen molar-refractivity contribution in [3.8, 4) is 5.75 Å². The molecule has 0 aliphatic carbocycles. The average Bonchev–Trinajstić information content (AvgIpc) is 3.54. The molecule has 48 heavy (non-hydrogen) atoms. The Morgan fingerprint density at radius 3 is 2.04 bits per heavy atom. The van der Waals surface area contributed by atoms with Crippen molar-refractivity contribution in [1.29, 1.82) is 0 Å². The second kappa shape index (κ2) is 18.8. The summed E-state index contributed by atoms with van der Waals surface area (Å²) in [6.07, 6.45) is 0.426. The van der Waals surface area contributed by atoms with Crippen molar-refractivity contribution < 1.29 is 48.9 Å². The first-order valence-corrected chi connectivity index (χ1v) is 15.0. The molecule has 6 atom stereocenters. The number of phenols is 1. The van der Waals surface area contributed by atoms with E-state index >= 15 is 0 Å². The molecule has 19 nitrogen and oxygen atoms in total. The van der Waals surface area contributed by atoms with Gasteiger partial charge in [0.05, 0.1) is 31.4 Å². The summed E-state index contributed by atoms with van der Waals surface area (Å²) >= 11 is 3.90. The van der Waals surface area contributed by atoms with Crippen LogP contribution in [-0.2, 0) is 46.4 Å². The number of nitrogens with zero attached hydrogens (tertiary/aromatic N) is 1. The van der Waals surface area contributed by atoms with Crippen LogP contribution in [0, 0.1) is 0 Å². The summed E-state index contributed by atoms with van der Waals surface area (Å²) < 4.78 is 0. The van der Waals surface area contributed by atoms with Gasteiger partial charge in [-0.15, -0.1) is 0 Å². The molecule has 0 bridgehead atoms. The van der Waals surface area contributed by atoms with Crippen molar-refractivity contribution in [1.82, 2.24) is 36.6 Å². The van der Waals surface area contributed by atoms with Crippen LogP contribution < -0.4 is 38.1 Å². The minimum absolute atomic E-state index is 0.0579. The van der Waals surface area contributed by atoms with Crippen molar-refractivity contribution >= 4 is 54.0 Å². The molecule has 2 aromatic rings. The van der Waals surface area contributed by atoms with E-state index in [1.54, 1.807) is 0 Å². The van der Waals surface area contributed by atoms with Gasteiger partial charge in [-0.25, -0.2) is 9.78 Å². The van der Waals surface area contributed by atoms with Crippen LogP contribution in [0.1, 0.15) is 24.6 Å². The monoisotopic (exact) mass is 693 g/mol. The van der Waals surface area contributed by atoms with Gasteiger partial charge in [0, 0.05) is 30.5 Å². The van der Waals surface area contributed by atoms with Gasteiger partial charge in [-0.1, -0.05) is 12.1 Å². The van der Waals surface area contributed by atoms with Gasteiger partial charge in [-0.05, 0) is 24.6 Å². The molecule has 262 valence electrons. The zero-order chi connectivity index (χ0) is 36.0. The predicted molar refractivity (Wildman–Crippen MR) is 170 cm³/mol. The standard InChI is InChI=1S/C28H39N9O10S/c1-13(38)23(37-26(44)18(6-14-2-4-16(39)5-3-14)35-24(42)17(29)8-21(30)40)27(45)32-10-22(41)34-19(7-15-9-31-12-33-15)25(43)36-20(11-48)28(46)47/h2-5,9,12-13,17-20,23,38-39,48H,6-8,10-11,29H2,1H3,(H2,30,40)(H,31,33)(H,32,45)(H,34,41)(H,35,42)(H,36,43)(H,37,44)(H,46,47)/t13-,17+,18+,19+,20+,23+/m1/s1. The molecule has 1 aromatic carbocycles. The Hall–Kier alpha value is -5.21. The number of carboxylic acids is 1. The number of aliphatic hydroxyl groups excluding tert-OH is 1. The smallest absolute Gasteiger partial charge is 0.327 e. The number of benzene rings is 1. The van der Waals surface area contributed by atoms with Crippen molar-refractivity contribution in [3.63, 3.8) is 0 Å². The maximum atomic E-state index is 13.3. The molecule has 2 rings (SSSR count). The number of aliphatic hydroxyl groups is 1. The van der Waals surface area contributed by atoms with Gasteiger partial charge in [0.25, 0.3) is 0 Å². The van der Waals surface area contributed by atoms with Crippen molar-refractivity contribution in [2.24, 2.45) is 11.5 Å². The van der Waals surface area contributed by atoms with E-state index in [0.717, 1.165) is 0 Å². The van der Waals surface area contributed by atoms with Crippen LogP contribution in [-0.4, -0.2) is 115 Å². The fourth-order valence-electron chi connectivity index (χ4n) is 4.13. The summed E-state index contributed by atoms with van der Waals surface area (Å²) in [6, 6.07) is -1.42. The number of phenolic OH excluding ortho intramolecular Hbond substituents is 1. The van der Waals surface area contributed by atoms with Crippen LogP contribution in [0.25, 0.3) is 0 Å². The number of amides is 6. The van der Waals surface area contributed by atoms with Crippen LogP contribution in [0.5, 0.6) is 5.75 Å². The molecular formula is C28H39N9O10S. The number of rotatable bonds is 19. The van der Waals surface area contributed by atoms with E-state index in [2.05, 4.69) is 49.2 Å². The summed E-state index contributed by atoms with van der Waals surface area (Å²) in [5, 5.41) is 40.7. The first-order chi connectivity index (χ1) is 22.6. The van der Waals surface area contributed by atoms with E-state index in [1.165, 1.54) is 43.7 Å². The number of aromatic nitrogens is 2. The van der Waals surface area contributed by atoms with Gasteiger partial charge in [-0.2, -0.15) is 12.6 Å². The Kier molecular flexibility index (Phi) is 15.3. The number of aliphatic carboxylic acids is 1. The number of aromatic amines is 1. The molecule has 1 aromatic heterocycles. The Bertz CT molecular complexity index is 1440. The molecule has 6 amide bonds. The Labute approximate surface area is 279 Å². The maximum absolute atomic E-state index is 13.3. The quantitative estimate of drug-likeness (QED) is 0.0620. The summed E-state index contributed by atoms with van der Waals surface area (Å²) in [7, 11) is 0. The molecule has 1 heterocycles. The molecule has 0 radical (unpaired) electrons. The van der Waals surface area contributed by atoms with Crippen LogP contribution in [0.3, 0.4) is 0 Å². The third kappa shape index (κ3) is 12.9. The number of nitrogens with two attached hydrogens (primary N) is 2. The highest BCUT2D eigenvalue weighted by atomic mass is 32.1. The summed E-state index contributed by atoms with van der Waals surface area (Å²) in [6.45, 7) is 0.460. The summed E-state index contributed by atoms with van der Waals surface area (Å²) in [5.41, 5.74) is 11.7. The van der Waals surface area contributed by atoms with E-state index < -0.39 is 90.7 Å². The largest absolute Gasteiger partial charge is 0.508 e. The van der Waals surface area contributed by atoms with E-state index in [0.29, 0.717) is 11.3 Å². The highest BCUT2D eigenvalue weighted by molar-refractivity contribution is 7.80. The van der Waals surface area contributed by atoms with Gasteiger partial charge in [0.1, 0.15) is 29.9 Å². The number of aromatic hydroxyl groups is 1. The summed E-state index contributed by atoms with van der Waals surface area (Å²) in [5.74, 6) is -7.07. The lowest BCUT2D eigenvalue weighted by molar-refractivity contribution is -0.141. The van der Waals surface area contributed by atoms with Gasteiger partial charge in [-0.3, -0.25) is 28.8 Å². The number of carboxylic acid groups (broad SMARTS) is 1. The highest BCUT2D eigenvalue weighted by Crippen LogP contribution is 2.12. The van der Waals surface area contributed by atoms with E-state index in [1.807, 2.05) is 0 Å². The SMILES string of the molecule is C[C@@H](O)[C@H](NC(=O)[C@H](Cc1ccc(O)cc1)NC(=O)[C@@H](N)CC(N)=O)C(=O)NCC(=O)N[C@@H](Cc1cnc[nH]1)C(=O)N[C@@H](CS)C(=O)O. The van der Waals surface area contributed by atoms with E-state index in [4.69, 9.17) is 11.5 Å². The molecule has 0 spiro atoms. The van der Waals surface area contributed by atoms with Crippen LogP contribution in [0.4, 0.5) is 0 Å². The topological polar surface area (TPSA) is 321 Å². The molecule has 20 heteroatoms. The predicted octanol–water partition coefficient (Wildman–Crippen LogP) is -4.45. The normalized spacial score (nSPS) is 14.6. The molecule has 0 fully saturated rings. The number of hydrogen-bond acceptors (Lipinski definition) is 12. The first-order valence-electron chi connectivity index (χ1n) is 14.4. The molecule has 0 aliphatic rings. The third-order valence-corrected chi connectivity index (χ3v) is 7.05.